The average molecular weight is 284 g/mol. The van der Waals surface area contributed by atoms with E-state index >= 15 is 0 Å². The topological polar surface area (TPSA) is 67.1 Å². The molecule has 0 spiro atoms. The molecule has 0 fully saturated rings. The number of hydrogen-bond acceptors (Lipinski definition) is 3. The Morgan fingerprint density at radius 3 is 2.90 bits per heavy atom. The van der Waals surface area contributed by atoms with Gasteiger partial charge in [0, 0.05) is 44.3 Å². The van der Waals surface area contributed by atoms with Gasteiger partial charge in [0.25, 0.3) is 0 Å². The number of hydrogen-bond donors (Lipinski definition) is 2. The van der Waals surface area contributed by atoms with E-state index in [1.807, 2.05) is 29.8 Å². The summed E-state index contributed by atoms with van der Waals surface area (Å²) in [5, 5.41) is 6.40. The molecule has 0 atom stereocenters. The van der Waals surface area contributed by atoms with Crippen molar-refractivity contribution in [3.05, 3.63) is 54.8 Å². The minimum absolute atomic E-state index is 0.623. The molecule has 0 amide bonds. The SMILES string of the molecule is C=CCNC(=NC)NCc1cccnc1-n1ccnc1C. The lowest BCUT2D eigenvalue weighted by Crippen LogP contribution is -2.37. The third-order valence-corrected chi connectivity index (χ3v) is 3.01. The van der Waals surface area contributed by atoms with Crippen LogP contribution in [0, 0.1) is 6.92 Å². The zero-order valence-electron chi connectivity index (χ0n) is 12.4. The summed E-state index contributed by atoms with van der Waals surface area (Å²) in [5.74, 6) is 2.51. The van der Waals surface area contributed by atoms with Crippen LogP contribution in [0.1, 0.15) is 11.4 Å². The van der Waals surface area contributed by atoms with Crippen molar-refractivity contribution in [2.45, 2.75) is 13.5 Å². The van der Waals surface area contributed by atoms with E-state index in [0.717, 1.165) is 23.2 Å². The second kappa shape index (κ2) is 7.23. The number of nitrogens with one attached hydrogen (secondary N) is 2. The van der Waals surface area contributed by atoms with E-state index in [1.54, 1.807) is 25.5 Å². The van der Waals surface area contributed by atoms with Gasteiger partial charge in [0.1, 0.15) is 11.6 Å². The monoisotopic (exact) mass is 284 g/mol. The summed E-state index contributed by atoms with van der Waals surface area (Å²) in [7, 11) is 1.74. The predicted octanol–water partition coefficient (Wildman–Crippen LogP) is 1.43. The number of aliphatic imine (C=N–C) groups is 1. The van der Waals surface area contributed by atoms with Gasteiger partial charge in [-0.05, 0) is 13.0 Å². The Labute approximate surface area is 124 Å². The fourth-order valence-corrected chi connectivity index (χ4v) is 1.96. The predicted molar refractivity (Wildman–Crippen MR) is 84.5 cm³/mol. The van der Waals surface area contributed by atoms with Crippen LogP contribution in [0.2, 0.25) is 0 Å². The van der Waals surface area contributed by atoms with Crippen LogP contribution in [0.15, 0.2) is 48.4 Å². The second-order valence-electron chi connectivity index (χ2n) is 4.43. The first kappa shape index (κ1) is 14.8. The fraction of sp³-hybridized carbons (Fsp3) is 0.267. The zero-order valence-corrected chi connectivity index (χ0v) is 12.4. The van der Waals surface area contributed by atoms with Crippen LogP contribution in [-0.2, 0) is 6.54 Å². The summed E-state index contributed by atoms with van der Waals surface area (Å²) in [4.78, 5) is 12.9. The van der Waals surface area contributed by atoms with Crippen molar-refractivity contribution in [1.82, 2.24) is 25.2 Å². The molecule has 2 N–H and O–H groups in total. The van der Waals surface area contributed by atoms with Crippen LogP contribution >= 0.6 is 0 Å². The first-order chi connectivity index (χ1) is 10.3. The third kappa shape index (κ3) is 3.68. The zero-order chi connectivity index (χ0) is 15.1. The van der Waals surface area contributed by atoms with Crippen LogP contribution in [0.4, 0.5) is 0 Å². The molecule has 0 bridgehead atoms. The van der Waals surface area contributed by atoms with Gasteiger partial charge in [-0.3, -0.25) is 9.56 Å². The molecule has 2 heterocycles. The van der Waals surface area contributed by atoms with E-state index in [4.69, 9.17) is 0 Å². The van der Waals surface area contributed by atoms with E-state index in [1.165, 1.54) is 0 Å². The Morgan fingerprint density at radius 2 is 2.24 bits per heavy atom. The van der Waals surface area contributed by atoms with Gasteiger partial charge in [0.05, 0.1) is 0 Å². The highest BCUT2D eigenvalue weighted by Gasteiger charge is 2.08. The molecule has 0 unspecified atom stereocenters. The molecule has 0 saturated carbocycles. The van der Waals surface area contributed by atoms with Crippen molar-refractivity contribution in [1.29, 1.82) is 0 Å². The lowest BCUT2D eigenvalue weighted by molar-refractivity contribution is 0.820. The van der Waals surface area contributed by atoms with Gasteiger partial charge in [-0.1, -0.05) is 12.1 Å². The lowest BCUT2D eigenvalue weighted by Gasteiger charge is -2.13. The minimum Gasteiger partial charge on any atom is -0.353 e. The first-order valence-corrected chi connectivity index (χ1v) is 6.76. The van der Waals surface area contributed by atoms with Gasteiger partial charge in [-0.15, -0.1) is 6.58 Å². The molecule has 21 heavy (non-hydrogen) atoms. The minimum atomic E-state index is 0.623. The molecule has 6 heteroatoms. The molecule has 0 aliphatic carbocycles. The first-order valence-electron chi connectivity index (χ1n) is 6.76. The van der Waals surface area contributed by atoms with Crippen LogP contribution in [0.3, 0.4) is 0 Å². The number of imidazole rings is 1. The summed E-state index contributed by atoms with van der Waals surface area (Å²) in [5.41, 5.74) is 1.07. The molecule has 2 aromatic rings. The number of guanidine groups is 1. The Bertz CT molecular complexity index is 629. The van der Waals surface area contributed by atoms with Gasteiger partial charge in [0.2, 0.25) is 0 Å². The molecular formula is C15H20N6. The molecule has 0 saturated heterocycles. The van der Waals surface area contributed by atoms with Gasteiger partial charge in [0.15, 0.2) is 5.96 Å². The van der Waals surface area contributed by atoms with Crippen molar-refractivity contribution in [3.8, 4) is 5.82 Å². The fourth-order valence-electron chi connectivity index (χ4n) is 1.96. The van der Waals surface area contributed by atoms with Crippen molar-refractivity contribution in [3.63, 3.8) is 0 Å². The Hall–Kier alpha value is -2.63. The van der Waals surface area contributed by atoms with Crippen molar-refractivity contribution < 1.29 is 0 Å². The summed E-state index contributed by atoms with van der Waals surface area (Å²) in [6.07, 6.45) is 7.25. The van der Waals surface area contributed by atoms with E-state index in [2.05, 4.69) is 32.2 Å². The summed E-state index contributed by atoms with van der Waals surface area (Å²) >= 11 is 0. The highest BCUT2D eigenvalue weighted by molar-refractivity contribution is 5.79. The molecule has 0 aliphatic rings. The standard InChI is InChI=1S/C15H20N6/c1-4-7-19-15(16-3)20-11-13-6-5-8-18-14(13)21-10-9-17-12(21)2/h4-6,8-10H,1,7,11H2,2-3H3,(H2,16,19,20). The molecular weight excluding hydrogens is 264 g/mol. The normalized spacial score (nSPS) is 11.2. The number of aryl methyl sites for hydroxylation is 1. The maximum atomic E-state index is 4.45. The van der Waals surface area contributed by atoms with Gasteiger partial charge >= 0.3 is 0 Å². The van der Waals surface area contributed by atoms with Gasteiger partial charge < -0.3 is 10.6 Å². The van der Waals surface area contributed by atoms with Crippen LogP contribution < -0.4 is 10.6 Å². The second-order valence-corrected chi connectivity index (χ2v) is 4.43. The van der Waals surface area contributed by atoms with Gasteiger partial charge in [-0.2, -0.15) is 0 Å². The molecule has 0 aromatic carbocycles. The third-order valence-electron chi connectivity index (χ3n) is 3.01. The molecule has 0 aliphatic heterocycles. The van der Waals surface area contributed by atoms with Crippen LogP contribution in [0.5, 0.6) is 0 Å². The molecule has 110 valence electrons. The van der Waals surface area contributed by atoms with Crippen LogP contribution in [-0.4, -0.2) is 34.1 Å². The van der Waals surface area contributed by atoms with Gasteiger partial charge in [-0.25, -0.2) is 9.97 Å². The highest BCUT2D eigenvalue weighted by atomic mass is 15.2. The Morgan fingerprint density at radius 1 is 1.38 bits per heavy atom. The summed E-state index contributed by atoms with van der Waals surface area (Å²) in [6.45, 7) is 6.92. The number of nitrogens with zero attached hydrogens (tertiary/aromatic N) is 4. The summed E-state index contributed by atoms with van der Waals surface area (Å²) < 4.78 is 1.97. The molecule has 6 nitrogen and oxygen atoms in total. The summed E-state index contributed by atoms with van der Waals surface area (Å²) in [6, 6.07) is 3.96. The van der Waals surface area contributed by atoms with Crippen molar-refractivity contribution in [2.75, 3.05) is 13.6 Å². The maximum absolute atomic E-state index is 4.45. The molecule has 2 aromatic heterocycles. The quantitative estimate of drug-likeness (QED) is 0.495. The molecule has 0 radical (unpaired) electrons. The smallest absolute Gasteiger partial charge is 0.191 e. The van der Waals surface area contributed by atoms with E-state index < -0.39 is 0 Å². The lowest BCUT2D eigenvalue weighted by atomic mass is 10.2. The maximum Gasteiger partial charge on any atom is 0.191 e. The average Bonchev–Trinajstić information content (AvgIpc) is 2.94. The van der Waals surface area contributed by atoms with E-state index in [-0.39, 0.29) is 0 Å². The highest BCUT2D eigenvalue weighted by Crippen LogP contribution is 2.12. The number of rotatable bonds is 5. The van der Waals surface area contributed by atoms with E-state index in [0.29, 0.717) is 13.1 Å². The Kier molecular flexibility index (Phi) is 5.09. The number of aromatic nitrogens is 3. The van der Waals surface area contributed by atoms with E-state index in [9.17, 15) is 0 Å². The van der Waals surface area contributed by atoms with Crippen molar-refractivity contribution in [2.24, 2.45) is 4.99 Å². The van der Waals surface area contributed by atoms with Crippen LogP contribution in [0.25, 0.3) is 5.82 Å². The van der Waals surface area contributed by atoms with Crippen molar-refractivity contribution >= 4 is 5.96 Å². The number of pyridine rings is 1. The largest absolute Gasteiger partial charge is 0.353 e. The molecule has 2 rings (SSSR count). The Balaban J connectivity index is 2.14.